The number of nitrogens with zero attached hydrogens (tertiary/aromatic N) is 1. The van der Waals surface area contributed by atoms with Crippen molar-refractivity contribution in [3.05, 3.63) is 107 Å². The second-order valence-corrected chi connectivity index (χ2v) is 8.17. The molecule has 4 heteroatoms. The second kappa shape index (κ2) is 11.8. The van der Waals surface area contributed by atoms with E-state index in [0.29, 0.717) is 19.5 Å². The van der Waals surface area contributed by atoms with Gasteiger partial charge in [0.2, 0.25) is 11.8 Å². The summed E-state index contributed by atoms with van der Waals surface area (Å²) in [5.41, 5.74) is 4.14. The zero-order chi connectivity index (χ0) is 22.8. The van der Waals surface area contributed by atoms with Gasteiger partial charge in [0, 0.05) is 19.5 Å². The lowest BCUT2D eigenvalue weighted by atomic mass is 10.0. The highest BCUT2D eigenvalue weighted by atomic mass is 16.2. The van der Waals surface area contributed by atoms with Crippen LogP contribution in [0.1, 0.15) is 35.6 Å². The summed E-state index contributed by atoms with van der Waals surface area (Å²) < 4.78 is 0. The van der Waals surface area contributed by atoms with Gasteiger partial charge in [-0.3, -0.25) is 9.59 Å². The number of amides is 2. The zero-order valence-electron chi connectivity index (χ0n) is 19.0. The molecule has 0 aliphatic rings. The molecule has 3 rings (SSSR count). The fraction of sp³-hybridized carbons (Fsp3) is 0.286. The molecule has 3 aromatic carbocycles. The lowest BCUT2D eigenvalue weighted by Crippen LogP contribution is -2.51. The van der Waals surface area contributed by atoms with Crippen molar-refractivity contribution in [1.82, 2.24) is 10.2 Å². The molecule has 0 saturated carbocycles. The van der Waals surface area contributed by atoms with Crippen LogP contribution in [0.4, 0.5) is 0 Å². The average Bonchev–Trinajstić information content (AvgIpc) is 2.82. The number of benzene rings is 3. The number of carbonyl (C=O) groups excluding carboxylic acids is 2. The molecule has 0 spiro atoms. The van der Waals surface area contributed by atoms with Gasteiger partial charge < -0.3 is 10.2 Å². The Morgan fingerprint density at radius 2 is 1.41 bits per heavy atom. The van der Waals surface area contributed by atoms with Crippen LogP contribution in [-0.2, 0) is 29.0 Å². The molecule has 0 aromatic heterocycles. The molecule has 166 valence electrons. The van der Waals surface area contributed by atoms with E-state index in [1.807, 2.05) is 98.8 Å². The predicted octanol–water partition coefficient (Wildman–Crippen LogP) is 4.70. The minimum atomic E-state index is -0.581. The molecule has 0 heterocycles. The summed E-state index contributed by atoms with van der Waals surface area (Å²) in [5.74, 6) is -0.158. The average molecular weight is 429 g/mol. The van der Waals surface area contributed by atoms with Crippen LogP contribution in [0.2, 0.25) is 0 Å². The maximum absolute atomic E-state index is 13.6. The maximum Gasteiger partial charge on any atom is 0.243 e. The van der Waals surface area contributed by atoms with Crippen molar-refractivity contribution in [1.29, 1.82) is 0 Å². The summed E-state index contributed by atoms with van der Waals surface area (Å²) in [5, 5.41) is 3.01. The largest absolute Gasteiger partial charge is 0.354 e. The van der Waals surface area contributed by atoms with Crippen LogP contribution in [0.15, 0.2) is 84.9 Å². The first kappa shape index (κ1) is 23.3. The van der Waals surface area contributed by atoms with Crippen LogP contribution in [0.5, 0.6) is 0 Å². The minimum Gasteiger partial charge on any atom is -0.354 e. The summed E-state index contributed by atoms with van der Waals surface area (Å²) in [6.45, 7) is 5.04. The molecule has 3 aromatic rings. The third-order valence-corrected chi connectivity index (χ3v) is 5.49. The van der Waals surface area contributed by atoms with E-state index in [0.717, 1.165) is 28.7 Å². The lowest BCUT2D eigenvalue weighted by molar-refractivity contribution is -0.140. The Kier molecular flexibility index (Phi) is 8.61. The van der Waals surface area contributed by atoms with Crippen molar-refractivity contribution in [3.63, 3.8) is 0 Å². The fourth-order valence-electron chi connectivity index (χ4n) is 3.68. The van der Waals surface area contributed by atoms with E-state index < -0.39 is 6.04 Å². The molecular formula is C28H32N2O2. The highest BCUT2D eigenvalue weighted by molar-refractivity contribution is 5.88. The number of carbonyl (C=O) groups is 2. The Morgan fingerprint density at radius 1 is 0.812 bits per heavy atom. The molecule has 2 amide bonds. The van der Waals surface area contributed by atoms with Crippen molar-refractivity contribution in [3.8, 4) is 0 Å². The van der Waals surface area contributed by atoms with Gasteiger partial charge in [-0.1, -0.05) is 97.4 Å². The summed E-state index contributed by atoms with van der Waals surface area (Å²) in [6, 6.07) is 27.2. The number of hydrogen-bond acceptors (Lipinski definition) is 2. The number of nitrogens with one attached hydrogen (secondary N) is 1. The normalized spacial score (nSPS) is 11.6. The first-order valence-electron chi connectivity index (χ1n) is 11.3. The van der Waals surface area contributed by atoms with Crippen LogP contribution >= 0.6 is 0 Å². The van der Waals surface area contributed by atoms with Crippen molar-refractivity contribution in [2.24, 2.45) is 0 Å². The molecule has 4 nitrogen and oxygen atoms in total. The molecule has 0 fully saturated rings. The van der Waals surface area contributed by atoms with E-state index in [1.54, 1.807) is 4.90 Å². The Balaban J connectivity index is 1.92. The van der Waals surface area contributed by atoms with Gasteiger partial charge in [0.15, 0.2) is 0 Å². The monoisotopic (exact) mass is 428 g/mol. The van der Waals surface area contributed by atoms with Gasteiger partial charge in [-0.15, -0.1) is 0 Å². The summed E-state index contributed by atoms with van der Waals surface area (Å²) in [4.78, 5) is 28.5. The SMILES string of the molecule is CCCNC(=O)[C@@H](Cc1ccccc1)N(Cc1ccccc1)C(=O)Cc1ccc(C)cc1. The molecule has 0 unspecified atom stereocenters. The Bertz CT molecular complexity index is 985. The number of hydrogen-bond donors (Lipinski definition) is 1. The quantitative estimate of drug-likeness (QED) is 0.509. The van der Waals surface area contributed by atoms with Gasteiger partial charge in [0.1, 0.15) is 6.04 Å². The van der Waals surface area contributed by atoms with Crippen LogP contribution in [0, 0.1) is 6.92 Å². The van der Waals surface area contributed by atoms with E-state index in [-0.39, 0.29) is 18.2 Å². The molecule has 0 aliphatic carbocycles. The molecular weight excluding hydrogens is 396 g/mol. The third-order valence-electron chi connectivity index (χ3n) is 5.49. The maximum atomic E-state index is 13.6. The predicted molar refractivity (Wildman–Crippen MR) is 129 cm³/mol. The van der Waals surface area contributed by atoms with E-state index in [2.05, 4.69) is 5.32 Å². The van der Waals surface area contributed by atoms with Crippen molar-refractivity contribution in [2.45, 2.75) is 45.7 Å². The molecule has 1 atom stereocenters. The van der Waals surface area contributed by atoms with Gasteiger partial charge in [0.05, 0.1) is 6.42 Å². The number of rotatable bonds is 10. The summed E-state index contributed by atoms with van der Waals surface area (Å²) >= 11 is 0. The molecule has 1 N–H and O–H groups in total. The Hall–Kier alpha value is -3.40. The van der Waals surface area contributed by atoms with Crippen LogP contribution in [-0.4, -0.2) is 29.3 Å². The van der Waals surface area contributed by atoms with Gasteiger partial charge in [0.25, 0.3) is 0 Å². The van der Waals surface area contributed by atoms with Crippen molar-refractivity contribution < 1.29 is 9.59 Å². The Morgan fingerprint density at radius 3 is 2.00 bits per heavy atom. The molecule has 0 aliphatic heterocycles. The van der Waals surface area contributed by atoms with E-state index in [1.165, 1.54) is 0 Å². The Labute approximate surface area is 191 Å². The van der Waals surface area contributed by atoms with Crippen LogP contribution < -0.4 is 5.32 Å². The van der Waals surface area contributed by atoms with Gasteiger partial charge in [-0.2, -0.15) is 0 Å². The number of aryl methyl sites for hydroxylation is 1. The van der Waals surface area contributed by atoms with Gasteiger partial charge in [-0.05, 0) is 30.0 Å². The van der Waals surface area contributed by atoms with E-state index in [9.17, 15) is 9.59 Å². The van der Waals surface area contributed by atoms with E-state index >= 15 is 0 Å². The lowest BCUT2D eigenvalue weighted by Gasteiger charge is -2.31. The van der Waals surface area contributed by atoms with Gasteiger partial charge in [-0.25, -0.2) is 0 Å². The van der Waals surface area contributed by atoms with Gasteiger partial charge >= 0.3 is 0 Å². The molecule has 32 heavy (non-hydrogen) atoms. The highest BCUT2D eigenvalue weighted by Gasteiger charge is 2.30. The summed E-state index contributed by atoms with van der Waals surface area (Å²) in [7, 11) is 0. The van der Waals surface area contributed by atoms with Crippen LogP contribution in [0.3, 0.4) is 0 Å². The fourth-order valence-corrected chi connectivity index (χ4v) is 3.68. The summed E-state index contributed by atoms with van der Waals surface area (Å²) in [6.07, 6.45) is 1.59. The molecule has 0 bridgehead atoms. The minimum absolute atomic E-state index is 0.0507. The first-order valence-corrected chi connectivity index (χ1v) is 11.3. The van der Waals surface area contributed by atoms with Crippen molar-refractivity contribution in [2.75, 3.05) is 6.54 Å². The van der Waals surface area contributed by atoms with Crippen LogP contribution in [0.25, 0.3) is 0 Å². The smallest absolute Gasteiger partial charge is 0.243 e. The molecule has 0 radical (unpaired) electrons. The van der Waals surface area contributed by atoms with Crippen molar-refractivity contribution >= 4 is 11.8 Å². The first-order chi connectivity index (χ1) is 15.6. The third kappa shape index (κ3) is 6.81. The second-order valence-electron chi connectivity index (χ2n) is 8.17. The standard InChI is InChI=1S/C28H32N2O2/c1-3-18-29-28(32)26(19-23-10-6-4-7-11-23)30(21-25-12-8-5-9-13-25)27(31)20-24-16-14-22(2)15-17-24/h4-17,26H,3,18-21H2,1-2H3,(H,29,32)/t26-/m1/s1. The molecule has 0 saturated heterocycles. The zero-order valence-corrected chi connectivity index (χ0v) is 19.0. The highest BCUT2D eigenvalue weighted by Crippen LogP contribution is 2.17. The van der Waals surface area contributed by atoms with E-state index in [4.69, 9.17) is 0 Å². The topological polar surface area (TPSA) is 49.4 Å².